The molecule has 0 spiro atoms. The van der Waals surface area contributed by atoms with Crippen molar-refractivity contribution in [3.05, 3.63) is 60.0 Å². The van der Waals surface area contributed by atoms with Crippen molar-refractivity contribution in [2.24, 2.45) is 5.92 Å². The van der Waals surface area contributed by atoms with Gasteiger partial charge in [-0.05, 0) is 106 Å². The van der Waals surface area contributed by atoms with Gasteiger partial charge in [0, 0.05) is 23.6 Å². The molecule has 1 saturated heterocycles. The van der Waals surface area contributed by atoms with Crippen molar-refractivity contribution >= 4 is 20.9 Å². The summed E-state index contributed by atoms with van der Waals surface area (Å²) >= 11 is 0. The van der Waals surface area contributed by atoms with Crippen LogP contribution in [0.15, 0.2) is 53.6 Å². The first-order valence-electron chi connectivity index (χ1n) is 11.7. The predicted molar refractivity (Wildman–Crippen MR) is 129 cm³/mol. The molecule has 3 aromatic rings. The van der Waals surface area contributed by atoms with Crippen LogP contribution in [-0.2, 0) is 16.4 Å². The summed E-state index contributed by atoms with van der Waals surface area (Å²) in [5, 5.41) is 4.22. The summed E-state index contributed by atoms with van der Waals surface area (Å²) in [6, 6.07) is 11.2. The summed E-state index contributed by atoms with van der Waals surface area (Å²) in [6.07, 6.45) is 7.77. The second kappa shape index (κ2) is 11.1. The second-order valence-corrected chi connectivity index (χ2v) is 10.4. The Labute approximate surface area is 195 Å². The number of aryl methyl sites for hydroxylation is 1. The fraction of sp³-hybridized carbons (Fsp3) is 0.440. The molecule has 0 unspecified atom stereocenters. The Balaban J connectivity index is 1.20. The summed E-state index contributed by atoms with van der Waals surface area (Å²) in [6.45, 7) is 3.17. The fourth-order valence-corrected chi connectivity index (χ4v) is 5.45. The standard InChI is InChI=1S/C25H32FN3O3S/c26-21-5-10-25-24(17-21)20(18-28-25)4-1-13-29-33(30,31)23-8-6-22(7-9-23)32-16-2-3-19-11-14-27-15-12-19/h5-10,17-19,27-29H,1-4,11-16H2. The van der Waals surface area contributed by atoms with Crippen LogP contribution in [0.1, 0.15) is 37.7 Å². The fourth-order valence-electron chi connectivity index (χ4n) is 4.37. The zero-order chi connectivity index (χ0) is 23.1. The largest absolute Gasteiger partial charge is 0.494 e. The lowest BCUT2D eigenvalue weighted by atomic mass is 9.93. The highest BCUT2D eigenvalue weighted by Gasteiger charge is 2.15. The molecule has 178 valence electrons. The third-order valence-corrected chi connectivity index (χ3v) is 7.74. The molecule has 3 N–H and O–H groups in total. The number of aromatic nitrogens is 1. The van der Waals surface area contributed by atoms with E-state index < -0.39 is 10.0 Å². The molecule has 0 saturated carbocycles. The Morgan fingerprint density at radius 2 is 1.85 bits per heavy atom. The molecule has 8 heteroatoms. The molecule has 0 atom stereocenters. The van der Waals surface area contributed by atoms with Crippen molar-refractivity contribution < 1.29 is 17.5 Å². The molecule has 0 aliphatic carbocycles. The molecule has 33 heavy (non-hydrogen) atoms. The van der Waals surface area contributed by atoms with Crippen LogP contribution in [0.3, 0.4) is 0 Å². The highest BCUT2D eigenvalue weighted by atomic mass is 32.2. The molecule has 0 amide bonds. The summed E-state index contributed by atoms with van der Waals surface area (Å²) in [7, 11) is -3.59. The number of benzene rings is 2. The average Bonchev–Trinajstić information content (AvgIpc) is 3.22. The summed E-state index contributed by atoms with van der Waals surface area (Å²) < 4.78 is 47.1. The maximum absolute atomic E-state index is 13.5. The van der Waals surface area contributed by atoms with Gasteiger partial charge in [0.1, 0.15) is 11.6 Å². The lowest BCUT2D eigenvalue weighted by molar-refractivity contribution is 0.273. The van der Waals surface area contributed by atoms with Crippen molar-refractivity contribution in [3.8, 4) is 5.75 Å². The van der Waals surface area contributed by atoms with E-state index in [0.29, 0.717) is 31.7 Å². The van der Waals surface area contributed by atoms with Gasteiger partial charge in [-0.25, -0.2) is 17.5 Å². The zero-order valence-corrected chi connectivity index (χ0v) is 19.6. The molecule has 6 nitrogen and oxygen atoms in total. The van der Waals surface area contributed by atoms with Crippen LogP contribution in [0.5, 0.6) is 5.75 Å². The Morgan fingerprint density at radius 3 is 2.64 bits per heavy atom. The third-order valence-electron chi connectivity index (χ3n) is 6.26. The zero-order valence-electron chi connectivity index (χ0n) is 18.8. The minimum Gasteiger partial charge on any atom is -0.494 e. The molecule has 2 heterocycles. The van der Waals surface area contributed by atoms with E-state index in [0.717, 1.165) is 41.9 Å². The monoisotopic (exact) mass is 473 g/mol. The number of hydrogen-bond acceptors (Lipinski definition) is 4. The first-order chi connectivity index (χ1) is 16.0. The average molecular weight is 474 g/mol. The molecule has 0 bridgehead atoms. The maximum atomic E-state index is 13.5. The van der Waals surface area contributed by atoms with Crippen LogP contribution < -0.4 is 14.8 Å². The number of sulfonamides is 1. The van der Waals surface area contributed by atoms with Crippen LogP contribution in [-0.4, -0.2) is 39.6 Å². The van der Waals surface area contributed by atoms with Crippen molar-refractivity contribution in [2.75, 3.05) is 26.2 Å². The molecule has 1 aliphatic heterocycles. The maximum Gasteiger partial charge on any atom is 0.240 e. The summed E-state index contributed by atoms with van der Waals surface area (Å²) in [5.41, 5.74) is 1.85. The lowest BCUT2D eigenvalue weighted by Crippen LogP contribution is -2.27. The van der Waals surface area contributed by atoms with Crippen LogP contribution in [0.2, 0.25) is 0 Å². The van der Waals surface area contributed by atoms with Crippen molar-refractivity contribution in [1.29, 1.82) is 0 Å². The van der Waals surface area contributed by atoms with Crippen molar-refractivity contribution in [2.45, 2.75) is 43.4 Å². The van der Waals surface area contributed by atoms with Gasteiger partial charge >= 0.3 is 0 Å². The number of hydrogen-bond donors (Lipinski definition) is 3. The van der Waals surface area contributed by atoms with E-state index in [1.165, 1.54) is 31.4 Å². The number of ether oxygens (including phenoxy) is 1. The topological polar surface area (TPSA) is 83.2 Å². The molecule has 0 radical (unpaired) electrons. The number of halogens is 1. The number of piperidine rings is 1. The van der Waals surface area contributed by atoms with Crippen LogP contribution in [0.4, 0.5) is 4.39 Å². The molecule has 1 fully saturated rings. The number of H-pyrrole nitrogens is 1. The van der Waals surface area contributed by atoms with E-state index in [2.05, 4.69) is 15.0 Å². The third kappa shape index (κ3) is 6.56. The van der Waals surface area contributed by atoms with Gasteiger partial charge in [-0.3, -0.25) is 0 Å². The quantitative estimate of drug-likeness (QED) is 0.361. The number of fused-ring (bicyclic) bond motifs is 1. The van der Waals surface area contributed by atoms with Crippen LogP contribution in [0.25, 0.3) is 10.9 Å². The van der Waals surface area contributed by atoms with Gasteiger partial charge in [0.2, 0.25) is 10.0 Å². The van der Waals surface area contributed by atoms with E-state index in [1.807, 2.05) is 6.20 Å². The first kappa shape index (κ1) is 23.7. The van der Waals surface area contributed by atoms with Gasteiger partial charge in [0.05, 0.1) is 11.5 Å². The van der Waals surface area contributed by atoms with Crippen molar-refractivity contribution in [1.82, 2.24) is 15.0 Å². The minimum atomic E-state index is -3.59. The normalized spacial score (nSPS) is 15.2. The Bertz CT molecular complexity index is 1140. The van der Waals surface area contributed by atoms with E-state index in [4.69, 9.17) is 4.74 Å². The Hall–Kier alpha value is -2.42. The molecular formula is C25H32FN3O3S. The van der Waals surface area contributed by atoms with E-state index >= 15 is 0 Å². The SMILES string of the molecule is O=S(=O)(NCCCc1c[nH]c2ccc(F)cc12)c1ccc(OCCCC2CCNCC2)cc1. The smallest absolute Gasteiger partial charge is 0.240 e. The molecular weight excluding hydrogens is 441 g/mol. The minimum absolute atomic E-state index is 0.221. The highest BCUT2D eigenvalue weighted by Crippen LogP contribution is 2.21. The number of rotatable bonds is 11. The number of nitrogens with one attached hydrogen (secondary N) is 3. The van der Waals surface area contributed by atoms with Crippen LogP contribution >= 0.6 is 0 Å². The summed E-state index contributed by atoms with van der Waals surface area (Å²) in [4.78, 5) is 3.34. The highest BCUT2D eigenvalue weighted by molar-refractivity contribution is 7.89. The van der Waals surface area contributed by atoms with Gasteiger partial charge in [-0.2, -0.15) is 0 Å². The van der Waals surface area contributed by atoms with Crippen molar-refractivity contribution in [3.63, 3.8) is 0 Å². The first-order valence-corrected chi connectivity index (χ1v) is 13.2. The van der Waals surface area contributed by atoms with Gasteiger partial charge in [0.25, 0.3) is 0 Å². The Kier molecular flexibility index (Phi) is 8.01. The van der Waals surface area contributed by atoms with Crippen LogP contribution in [0, 0.1) is 11.7 Å². The molecule has 2 aromatic carbocycles. The van der Waals surface area contributed by atoms with E-state index in [1.54, 1.807) is 30.3 Å². The lowest BCUT2D eigenvalue weighted by Gasteiger charge is -2.22. The van der Waals surface area contributed by atoms with E-state index in [9.17, 15) is 12.8 Å². The van der Waals surface area contributed by atoms with Gasteiger partial charge in [-0.15, -0.1) is 0 Å². The molecule has 1 aromatic heterocycles. The molecule has 4 rings (SSSR count). The van der Waals surface area contributed by atoms with Gasteiger partial charge in [-0.1, -0.05) is 0 Å². The van der Waals surface area contributed by atoms with Gasteiger partial charge in [0.15, 0.2) is 0 Å². The summed E-state index contributed by atoms with van der Waals surface area (Å²) in [5.74, 6) is 1.19. The second-order valence-electron chi connectivity index (χ2n) is 8.66. The predicted octanol–water partition coefficient (Wildman–Crippen LogP) is 4.38. The van der Waals surface area contributed by atoms with E-state index in [-0.39, 0.29) is 10.7 Å². The number of aromatic amines is 1. The van der Waals surface area contributed by atoms with Gasteiger partial charge < -0.3 is 15.0 Å². The molecule has 1 aliphatic rings. The Morgan fingerprint density at radius 1 is 1.06 bits per heavy atom.